The van der Waals surface area contributed by atoms with E-state index >= 15 is 0 Å². The summed E-state index contributed by atoms with van der Waals surface area (Å²) in [7, 11) is 1.62. The van der Waals surface area contributed by atoms with Crippen LogP contribution in [0.4, 0.5) is 0 Å². The maximum absolute atomic E-state index is 13.4. The van der Waals surface area contributed by atoms with Gasteiger partial charge in [0, 0.05) is 54.4 Å². The van der Waals surface area contributed by atoms with Crippen molar-refractivity contribution in [2.45, 2.75) is 72.4 Å². The van der Waals surface area contributed by atoms with Crippen molar-refractivity contribution >= 4 is 17.5 Å². The standard InChI is InChI=1S/C34H45N5O2/c1-7-29(8-2)37-33(40)25(5)14-16-30(9-3)38-34(41)32(35-6)31-20-27(15-13-24(31)4)28-19-26(21-36-22-28)23-39-17-11-10-12-18-39/h9,13-16,19-22,29H,5,7-8,10-12,17-18,23H2,1-4,6H3,(H,37,40)(H,38,41)/b16-14-,30-9+,35-32?. The molecule has 1 aliphatic rings. The van der Waals surface area contributed by atoms with Crippen LogP contribution in [0, 0.1) is 6.92 Å². The number of piperidine rings is 1. The molecule has 0 saturated carbocycles. The Hall–Kier alpha value is -3.84. The third-order valence-electron chi connectivity index (χ3n) is 7.56. The number of carbonyl (C=O) groups excluding carboxylic acids is 2. The molecule has 0 aliphatic carbocycles. The lowest BCUT2D eigenvalue weighted by molar-refractivity contribution is -0.118. The highest BCUT2D eigenvalue weighted by atomic mass is 16.2. The number of nitrogens with zero attached hydrogens (tertiary/aromatic N) is 3. The van der Waals surface area contributed by atoms with Gasteiger partial charge in [-0.15, -0.1) is 0 Å². The van der Waals surface area contributed by atoms with Crippen LogP contribution in [0.3, 0.4) is 0 Å². The Balaban J connectivity index is 1.74. The van der Waals surface area contributed by atoms with Crippen LogP contribution in [0.25, 0.3) is 11.1 Å². The molecule has 1 fully saturated rings. The summed E-state index contributed by atoms with van der Waals surface area (Å²) in [5.41, 5.74) is 6.11. The highest BCUT2D eigenvalue weighted by Gasteiger charge is 2.18. The zero-order chi connectivity index (χ0) is 29.8. The van der Waals surface area contributed by atoms with Crippen molar-refractivity contribution in [3.8, 4) is 11.1 Å². The van der Waals surface area contributed by atoms with Crippen molar-refractivity contribution in [1.82, 2.24) is 20.5 Å². The number of benzene rings is 1. The van der Waals surface area contributed by atoms with Crippen LogP contribution < -0.4 is 10.6 Å². The third-order valence-corrected chi connectivity index (χ3v) is 7.56. The Bertz CT molecular complexity index is 1310. The number of hydrogen-bond donors (Lipinski definition) is 2. The summed E-state index contributed by atoms with van der Waals surface area (Å²) in [5.74, 6) is -0.538. The van der Waals surface area contributed by atoms with Crippen molar-refractivity contribution in [2.75, 3.05) is 20.1 Å². The highest BCUT2D eigenvalue weighted by Crippen LogP contribution is 2.24. The topological polar surface area (TPSA) is 86.7 Å². The van der Waals surface area contributed by atoms with Gasteiger partial charge in [-0.2, -0.15) is 0 Å². The number of hydrogen-bond acceptors (Lipinski definition) is 5. The van der Waals surface area contributed by atoms with Gasteiger partial charge < -0.3 is 10.6 Å². The fourth-order valence-corrected chi connectivity index (χ4v) is 4.95. The molecule has 1 saturated heterocycles. The van der Waals surface area contributed by atoms with Gasteiger partial charge in [0.1, 0.15) is 5.71 Å². The van der Waals surface area contributed by atoms with Gasteiger partial charge in [-0.05, 0) is 93.6 Å². The first kappa shape index (κ1) is 31.7. The molecule has 0 bridgehead atoms. The SMILES string of the molecule is C=C(/C=C\C(=C/C)NC(=O)C(=NC)c1cc(-c2cncc(CN3CCCCC3)c2)ccc1C)C(=O)NC(CC)CC. The maximum Gasteiger partial charge on any atom is 0.274 e. The normalized spacial score (nSPS) is 14.9. The van der Waals surface area contributed by atoms with E-state index in [4.69, 9.17) is 0 Å². The number of allylic oxidation sites excluding steroid dienone is 2. The molecule has 41 heavy (non-hydrogen) atoms. The Labute approximate surface area is 245 Å². The summed E-state index contributed by atoms with van der Waals surface area (Å²) in [6.45, 7) is 14.9. The second kappa shape index (κ2) is 15.8. The Morgan fingerprint density at radius 3 is 2.44 bits per heavy atom. The van der Waals surface area contributed by atoms with Gasteiger partial charge >= 0.3 is 0 Å². The zero-order valence-corrected chi connectivity index (χ0v) is 25.3. The van der Waals surface area contributed by atoms with Crippen molar-refractivity contribution in [1.29, 1.82) is 0 Å². The van der Waals surface area contributed by atoms with Crippen molar-refractivity contribution in [2.24, 2.45) is 4.99 Å². The number of aromatic nitrogens is 1. The number of rotatable bonds is 12. The van der Waals surface area contributed by atoms with Crippen LogP contribution in [0.1, 0.15) is 69.6 Å². The summed E-state index contributed by atoms with van der Waals surface area (Å²) in [4.78, 5) is 37.2. The molecule has 7 nitrogen and oxygen atoms in total. The summed E-state index contributed by atoms with van der Waals surface area (Å²) in [6, 6.07) is 8.38. The largest absolute Gasteiger partial charge is 0.349 e. The van der Waals surface area contributed by atoms with Crippen LogP contribution in [-0.4, -0.2) is 53.6 Å². The molecule has 1 aromatic carbocycles. The van der Waals surface area contributed by atoms with E-state index in [-0.39, 0.29) is 17.9 Å². The van der Waals surface area contributed by atoms with E-state index in [1.165, 1.54) is 24.8 Å². The van der Waals surface area contributed by atoms with Gasteiger partial charge in [0.25, 0.3) is 11.8 Å². The molecule has 2 amide bonds. The molecule has 1 aliphatic heterocycles. The van der Waals surface area contributed by atoms with E-state index in [0.717, 1.165) is 54.7 Å². The van der Waals surface area contributed by atoms with E-state index in [0.29, 0.717) is 17.0 Å². The number of pyridine rings is 1. The first-order valence-electron chi connectivity index (χ1n) is 14.7. The van der Waals surface area contributed by atoms with E-state index < -0.39 is 0 Å². The van der Waals surface area contributed by atoms with Crippen molar-refractivity contribution in [3.63, 3.8) is 0 Å². The van der Waals surface area contributed by atoms with E-state index in [1.807, 2.05) is 52.2 Å². The summed E-state index contributed by atoms with van der Waals surface area (Å²) >= 11 is 0. The van der Waals surface area contributed by atoms with Crippen LogP contribution in [0.5, 0.6) is 0 Å². The molecular weight excluding hydrogens is 510 g/mol. The third kappa shape index (κ3) is 9.08. The average Bonchev–Trinajstić information content (AvgIpc) is 2.99. The van der Waals surface area contributed by atoms with Crippen LogP contribution in [-0.2, 0) is 16.1 Å². The molecule has 2 heterocycles. The van der Waals surface area contributed by atoms with Gasteiger partial charge in [-0.3, -0.25) is 24.5 Å². The lowest BCUT2D eigenvalue weighted by Crippen LogP contribution is -2.34. The number of aryl methyl sites for hydroxylation is 1. The quantitative estimate of drug-likeness (QED) is 0.194. The predicted molar refractivity (Wildman–Crippen MR) is 169 cm³/mol. The predicted octanol–water partition coefficient (Wildman–Crippen LogP) is 5.90. The highest BCUT2D eigenvalue weighted by molar-refractivity contribution is 6.46. The van der Waals surface area contributed by atoms with Gasteiger partial charge in [0.05, 0.1) is 0 Å². The Morgan fingerprint density at radius 2 is 1.78 bits per heavy atom. The van der Waals surface area contributed by atoms with E-state index in [9.17, 15) is 9.59 Å². The molecular formula is C34H45N5O2. The number of aliphatic imine (C=N–C) groups is 1. The molecule has 3 rings (SSSR count). The minimum atomic E-state index is -0.324. The fourth-order valence-electron chi connectivity index (χ4n) is 4.95. The van der Waals surface area contributed by atoms with Crippen LogP contribution >= 0.6 is 0 Å². The molecule has 2 aromatic rings. The van der Waals surface area contributed by atoms with Gasteiger partial charge in [-0.25, -0.2) is 0 Å². The fraction of sp³-hybridized carbons (Fsp3) is 0.412. The van der Waals surface area contributed by atoms with Crippen LogP contribution in [0.2, 0.25) is 0 Å². The van der Waals surface area contributed by atoms with Crippen molar-refractivity contribution < 1.29 is 9.59 Å². The van der Waals surface area contributed by atoms with Crippen LogP contribution in [0.15, 0.2) is 77.7 Å². The molecule has 0 spiro atoms. The average molecular weight is 556 g/mol. The lowest BCUT2D eigenvalue weighted by Gasteiger charge is -2.26. The number of amides is 2. The summed E-state index contributed by atoms with van der Waals surface area (Å²) in [5, 5.41) is 5.90. The molecule has 1 aromatic heterocycles. The Morgan fingerprint density at radius 1 is 1.05 bits per heavy atom. The molecule has 218 valence electrons. The molecule has 0 radical (unpaired) electrons. The molecule has 7 heteroatoms. The maximum atomic E-state index is 13.4. The summed E-state index contributed by atoms with van der Waals surface area (Å²) in [6.07, 6.45) is 14.4. The van der Waals surface area contributed by atoms with Gasteiger partial charge in [-0.1, -0.05) is 45.1 Å². The second-order valence-electron chi connectivity index (χ2n) is 10.6. The second-order valence-corrected chi connectivity index (χ2v) is 10.6. The monoisotopic (exact) mass is 555 g/mol. The molecule has 2 N–H and O–H groups in total. The first-order chi connectivity index (χ1) is 19.8. The number of likely N-dealkylation sites (tertiary alicyclic amines) is 1. The minimum Gasteiger partial charge on any atom is -0.349 e. The van der Waals surface area contributed by atoms with E-state index in [1.54, 1.807) is 25.3 Å². The lowest BCUT2D eigenvalue weighted by atomic mass is 9.96. The zero-order valence-electron chi connectivity index (χ0n) is 25.3. The minimum absolute atomic E-state index is 0.115. The van der Waals surface area contributed by atoms with E-state index in [2.05, 4.69) is 44.2 Å². The summed E-state index contributed by atoms with van der Waals surface area (Å²) < 4.78 is 0. The molecule has 0 unspecified atom stereocenters. The number of carbonyl (C=O) groups is 2. The number of nitrogens with one attached hydrogen (secondary N) is 2. The smallest absolute Gasteiger partial charge is 0.274 e. The first-order valence-corrected chi connectivity index (χ1v) is 14.7. The molecule has 0 atom stereocenters. The van der Waals surface area contributed by atoms with Crippen molar-refractivity contribution in [3.05, 3.63) is 89.4 Å². The Kier molecular flexibility index (Phi) is 12.2. The van der Waals surface area contributed by atoms with Gasteiger partial charge in [0.15, 0.2) is 0 Å². The van der Waals surface area contributed by atoms with Gasteiger partial charge in [0.2, 0.25) is 0 Å².